The second kappa shape index (κ2) is 8.34. The van der Waals surface area contributed by atoms with E-state index in [1.54, 1.807) is 0 Å². The summed E-state index contributed by atoms with van der Waals surface area (Å²) < 4.78 is 0. The summed E-state index contributed by atoms with van der Waals surface area (Å²) in [6.45, 7) is 15.7. The molecule has 0 aromatic heterocycles. The van der Waals surface area contributed by atoms with Crippen molar-refractivity contribution < 1.29 is 9.59 Å². The minimum Gasteiger partial charge on any atom is -0.354 e. The molecule has 4 rings (SSSR count). The Morgan fingerprint density at radius 2 is 1.77 bits per heavy atom. The molecule has 1 amide bonds. The molecule has 0 heterocycles. The predicted octanol–water partition coefficient (Wildman–Crippen LogP) is 6.32. The van der Waals surface area contributed by atoms with Crippen LogP contribution in [0.4, 0.5) is 0 Å². The Balaban J connectivity index is 1.47. The summed E-state index contributed by atoms with van der Waals surface area (Å²) >= 11 is 0. The zero-order valence-corrected chi connectivity index (χ0v) is 20.6. The Morgan fingerprint density at radius 3 is 2.48 bits per heavy atom. The molecule has 0 aliphatic heterocycles. The van der Waals surface area contributed by atoms with Gasteiger partial charge in [0.1, 0.15) is 5.78 Å². The number of fused-ring (bicyclic) bond motifs is 5. The standard InChI is InChI=1S/C28H45NO2/c1-17(2)29-26(31)10-7-19(4)21-8-9-22-20-16-25(30)24-15-18(3)11-13-28(24,6)23(20)12-14-27(21,22)5/h17,19-24H,3,7-16H2,1-2,4-6H3,(H,29,31)/t19-,20+,21-,22+,23+,24+,27-,28-/m0/s1. The number of hydrogen-bond acceptors (Lipinski definition) is 2. The number of allylic oxidation sites excluding steroid dienone is 1. The molecule has 4 aliphatic carbocycles. The largest absolute Gasteiger partial charge is 0.354 e. The Kier molecular flexibility index (Phi) is 6.20. The lowest BCUT2D eigenvalue weighted by molar-refractivity contribution is -0.152. The van der Waals surface area contributed by atoms with Crippen molar-refractivity contribution in [3.63, 3.8) is 0 Å². The first-order valence-corrected chi connectivity index (χ1v) is 13.0. The Morgan fingerprint density at radius 1 is 1.06 bits per heavy atom. The van der Waals surface area contributed by atoms with Gasteiger partial charge in [-0.05, 0) is 106 Å². The molecule has 4 aliphatic rings. The molecule has 0 saturated heterocycles. The van der Waals surface area contributed by atoms with Crippen molar-refractivity contribution in [2.24, 2.45) is 46.3 Å². The maximum Gasteiger partial charge on any atom is 0.220 e. The molecule has 0 radical (unpaired) electrons. The second-order valence-electron chi connectivity index (χ2n) is 12.5. The summed E-state index contributed by atoms with van der Waals surface area (Å²) in [5.74, 6) is 4.22. The molecule has 174 valence electrons. The van der Waals surface area contributed by atoms with Crippen LogP contribution in [0.15, 0.2) is 12.2 Å². The zero-order valence-electron chi connectivity index (χ0n) is 20.6. The van der Waals surface area contributed by atoms with Gasteiger partial charge >= 0.3 is 0 Å². The monoisotopic (exact) mass is 427 g/mol. The van der Waals surface area contributed by atoms with Gasteiger partial charge in [-0.25, -0.2) is 0 Å². The van der Waals surface area contributed by atoms with Crippen LogP contribution in [0, 0.1) is 46.3 Å². The molecule has 0 aromatic rings. The molecule has 0 bridgehead atoms. The molecule has 0 unspecified atom stereocenters. The van der Waals surface area contributed by atoms with E-state index in [9.17, 15) is 9.59 Å². The molecular formula is C28H45NO2. The van der Waals surface area contributed by atoms with Crippen LogP contribution < -0.4 is 5.32 Å². The van der Waals surface area contributed by atoms with E-state index < -0.39 is 0 Å². The smallest absolute Gasteiger partial charge is 0.220 e. The molecule has 0 aromatic carbocycles. The molecule has 31 heavy (non-hydrogen) atoms. The summed E-state index contributed by atoms with van der Waals surface area (Å²) in [6.07, 6.45) is 10.8. The third-order valence-corrected chi connectivity index (χ3v) is 10.5. The summed E-state index contributed by atoms with van der Waals surface area (Å²) in [5, 5.41) is 3.05. The number of hydrogen-bond donors (Lipinski definition) is 1. The SMILES string of the molecule is C=C1CC[C@]2(C)[C@H](C1)C(=O)C[C@H]1[C@H]2CC[C@]2(C)[C@@H]1CC[C@H]2[C@@H](C)CCC(=O)NC(C)C. The van der Waals surface area contributed by atoms with Crippen LogP contribution >= 0.6 is 0 Å². The van der Waals surface area contributed by atoms with Crippen molar-refractivity contribution in [1.82, 2.24) is 5.32 Å². The number of amides is 1. The molecule has 8 atom stereocenters. The van der Waals surface area contributed by atoms with Crippen molar-refractivity contribution in [3.05, 3.63) is 12.2 Å². The lowest BCUT2D eigenvalue weighted by Crippen LogP contribution is -2.56. The van der Waals surface area contributed by atoms with E-state index in [-0.39, 0.29) is 23.3 Å². The van der Waals surface area contributed by atoms with Crippen LogP contribution in [0.3, 0.4) is 0 Å². The lowest BCUT2D eigenvalue weighted by Gasteiger charge is -2.60. The summed E-state index contributed by atoms with van der Waals surface area (Å²) in [4.78, 5) is 25.5. The Hall–Kier alpha value is -1.12. The maximum atomic E-state index is 13.3. The van der Waals surface area contributed by atoms with Gasteiger partial charge in [-0.2, -0.15) is 0 Å². The highest BCUT2D eigenvalue weighted by Crippen LogP contribution is 2.68. The average molecular weight is 428 g/mol. The fourth-order valence-corrected chi connectivity index (χ4v) is 8.86. The topological polar surface area (TPSA) is 46.2 Å². The molecule has 3 nitrogen and oxygen atoms in total. The summed E-state index contributed by atoms with van der Waals surface area (Å²) in [5.41, 5.74) is 1.84. The minimum absolute atomic E-state index is 0.195. The average Bonchev–Trinajstić information content (AvgIpc) is 3.04. The predicted molar refractivity (Wildman–Crippen MR) is 126 cm³/mol. The van der Waals surface area contributed by atoms with E-state index in [1.807, 2.05) is 13.8 Å². The minimum atomic E-state index is 0.195. The number of ketones is 1. The van der Waals surface area contributed by atoms with E-state index in [1.165, 1.54) is 31.3 Å². The van der Waals surface area contributed by atoms with Gasteiger partial charge in [0.15, 0.2) is 0 Å². The van der Waals surface area contributed by atoms with Crippen molar-refractivity contribution in [1.29, 1.82) is 0 Å². The van der Waals surface area contributed by atoms with Gasteiger partial charge in [0.2, 0.25) is 5.91 Å². The fraction of sp³-hybridized carbons (Fsp3) is 0.857. The molecule has 4 saturated carbocycles. The van der Waals surface area contributed by atoms with Crippen molar-refractivity contribution in [2.45, 2.75) is 105 Å². The van der Waals surface area contributed by atoms with Crippen LogP contribution in [0.1, 0.15) is 98.8 Å². The zero-order chi connectivity index (χ0) is 22.6. The van der Waals surface area contributed by atoms with Crippen LogP contribution in [-0.2, 0) is 9.59 Å². The van der Waals surface area contributed by atoms with Gasteiger partial charge in [-0.1, -0.05) is 32.9 Å². The first-order chi connectivity index (χ1) is 14.6. The van der Waals surface area contributed by atoms with Crippen LogP contribution in [0.25, 0.3) is 0 Å². The first-order valence-electron chi connectivity index (χ1n) is 13.0. The highest BCUT2D eigenvalue weighted by molar-refractivity contribution is 5.83. The van der Waals surface area contributed by atoms with Gasteiger partial charge in [-0.3, -0.25) is 9.59 Å². The Bertz CT molecular complexity index is 741. The quantitative estimate of drug-likeness (QED) is 0.522. The molecule has 4 fully saturated rings. The summed E-state index contributed by atoms with van der Waals surface area (Å²) in [6, 6.07) is 0.220. The van der Waals surface area contributed by atoms with Gasteiger partial charge in [0.05, 0.1) is 0 Å². The lowest BCUT2D eigenvalue weighted by atomic mass is 9.44. The van der Waals surface area contributed by atoms with E-state index in [0.29, 0.717) is 47.2 Å². The first kappa shape index (κ1) is 23.1. The number of Topliss-reactive ketones (excluding diaryl/α,β-unsaturated/α-hetero) is 1. The number of rotatable bonds is 5. The molecular weight excluding hydrogens is 382 g/mol. The maximum absolute atomic E-state index is 13.3. The fourth-order valence-electron chi connectivity index (χ4n) is 8.86. The van der Waals surface area contributed by atoms with Crippen LogP contribution in [0.2, 0.25) is 0 Å². The van der Waals surface area contributed by atoms with Crippen LogP contribution in [0.5, 0.6) is 0 Å². The molecule has 3 heteroatoms. The summed E-state index contributed by atoms with van der Waals surface area (Å²) in [7, 11) is 0. The van der Waals surface area contributed by atoms with E-state index >= 15 is 0 Å². The van der Waals surface area contributed by atoms with Crippen molar-refractivity contribution >= 4 is 11.7 Å². The van der Waals surface area contributed by atoms with Crippen molar-refractivity contribution in [3.8, 4) is 0 Å². The van der Waals surface area contributed by atoms with Gasteiger partial charge in [0.25, 0.3) is 0 Å². The highest BCUT2D eigenvalue weighted by Gasteiger charge is 2.62. The van der Waals surface area contributed by atoms with Gasteiger partial charge in [-0.15, -0.1) is 0 Å². The third-order valence-electron chi connectivity index (χ3n) is 10.5. The number of carbonyl (C=O) groups is 2. The normalized spacial score (nSPS) is 43.2. The highest BCUT2D eigenvalue weighted by atomic mass is 16.1. The van der Waals surface area contributed by atoms with Crippen molar-refractivity contribution in [2.75, 3.05) is 0 Å². The third kappa shape index (κ3) is 3.93. The van der Waals surface area contributed by atoms with E-state index in [2.05, 4.69) is 32.7 Å². The van der Waals surface area contributed by atoms with E-state index in [4.69, 9.17) is 0 Å². The Labute approximate surface area is 190 Å². The van der Waals surface area contributed by atoms with Crippen LogP contribution in [-0.4, -0.2) is 17.7 Å². The van der Waals surface area contributed by atoms with Gasteiger partial charge in [0, 0.05) is 24.8 Å². The molecule has 1 N–H and O–H groups in total. The van der Waals surface area contributed by atoms with Gasteiger partial charge < -0.3 is 5.32 Å². The second-order valence-corrected chi connectivity index (χ2v) is 12.5. The number of carbonyl (C=O) groups excluding carboxylic acids is 2. The van der Waals surface area contributed by atoms with E-state index in [0.717, 1.165) is 32.1 Å². The molecule has 0 spiro atoms. The number of nitrogens with one attached hydrogen (secondary N) is 1.